The van der Waals surface area contributed by atoms with Crippen molar-refractivity contribution in [2.75, 3.05) is 7.05 Å². The van der Waals surface area contributed by atoms with E-state index in [0.717, 1.165) is 0 Å². The molecular weight excluding hydrogens is 268 g/mol. The molecule has 0 fully saturated rings. The molecule has 1 unspecified atom stereocenters. The molecule has 0 aliphatic carbocycles. The topological polar surface area (TPSA) is 33.2 Å². The second-order valence-electron chi connectivity index (χ2n) is 4.27. The Balaban J connectivity index is 2.86. The number of pyridine rings is 1. The van der Waals surface area contributed by atoms with Crippen molar-refractivity contribution >= 4 is 21.8 Å². The van der Waals surface area contributed by atoms with Crippen molar-refractivity contribution in [3.8, 4) is 0 Å². The number of halogens is 1. The van der Waals surface area contributed by atoms with Gasteiger partial charge in [-0.1, -0.05) is 13.8 Å². The van der Waals surface area contributed by atoms with Crippen LogP contribution in [0.5, 0.6) is 0 Å². The Kier molecular flexibility index (Phi) is 4.47. The second kappa shape index (κ2) is 5.43. The molecule has 0 spiro atoms. The molecule has 1 heterocycles. The van der Waals surface area contributed by atoms with Gasteiger partial charge in [0.1, 0.15) is 4.60 Å². The summed E-state index contributed by atoms with van der Waals surface area (Å²) in [5.74, 6) is 0.475. The van der Waals surface area contributed by atoms with Crippen LogP contribution in [0, 0.1) is 5.92 Å². The van der Waals surface area contributed by atoms with Gasteiger partial charge < -0.3 is 4.90 Å². The lowest BCUT2D eigenvalue weighted by atomic mass is 10.0. The van der Waals surface area contributed by atoms with Gasteiger partial charge in [0.15, 0.2) is 0 Å². The summed E-state index contributed by atoms with van der Waals surface area (Å²) in [7, 11) is 1.83. The Morgan fingerprint density at radius 3 is 2.56 bits per heavy atom. The highest BCUT2D eigenvalue weighted by Crippen LogP contribution is 2.14. The number of rotatable bonds is 3. The van der Waals surface area contributed by atoms with Gasteiger partial charge in [-0.05, 0) is 40.9 Å². The number of carbonyl (C=O) groups is 1. The van der Waals surface area contributed by atoms with E-state index in [0.29, 0.717) is 16.1 Å². The Hall–Kier alpha value is -0.900. The third kappa shape index (κ3) is 3.04. The SMILES string of the molecule is CC(C)C(C)N(C)C(=O)c1ccnc(Br)c1. The van der Waals surface area contributed by atoms with Gasteiger partial charge in [-0.25, -0.2) is 4.98 Å². The molecule has 0 aromatic carbocycles. The van der Waals surface area contributed by atoms with Crippen LogP contribution in [-0.2, 0) is 0 Å². The highest BCUT2D eigenvalue weighted by Gasteiger charge is 2.19. The predicted octanol–water partition coefficient (Wildman–Crippen LogP) is 2.96. The maximum absolute atomic E-state index is 12.1. The third-order valence-corrected chi connectivity index (χ3v) is 3.30. The van der Waals surface area contributed by atoms with Gasteiger partial charge in [0.25, 0.3) is 5.91 Å². The molecule has 1 atom stereocenters. The lowest BCUT2D eigenvalue weighted by molar-refractivity contribution is 0.0707. The standard InChI is InChI=1S/C12H17BrN2O/c1-8(2)9(3)15(4)12(16)10-5-6-14-11(13)7-10/h5-9H,1-4H3. The van der Waals surface area contributed by atoms with E-state index in [4.69, 9.17) is 0 Å². The van der Waals surface area contributed by atoms with Crippen molar-refractivity contribution < 1.29 is 4.79 Å². The third-order valence-electron chi connectivity index (χ3n) is 2.87. The molecule has 0 saturated carbocycles. The van der Waals surface area contributed by atoms with Crippen LogP contribution in [0.4, 0.5) is 0 Å². The summed E-state index contributed by atoms with van der Waals surface area (Å²) < 4.78 is 0.684. The molecule has 0 aliphatic rings. The Labute approximate surface area is 105 Å². The largest absolute Gasteiger partial charge is 0.339 e. The van der Waals surface area contributed by atoms with Crippen LogP contribution in [-0.4, -0.2) is 28.9 Å². The molecule has 0 aliphatic heterocycles. The van der Waals surface area contributed by atoms with Crippen LogP contribution >= 0.6 is 15.9 Å². The first-order chi connectivity index (χ1) is 7.43. The minimum Gasteiger partial charge on any atom is -0.339 e. The second-order valence-corrected chi connectivity index (χ2v) is 5.08. The van der Waals surface area contributed by atoms with Gasteiger partial charge in [0.2, 0.25) is 0 Å². The number of amides is 1. The van der Waals surface area contributed by atoms with Gasteiger partial charge in [0, 0.05) is 24.8 Å². The molecule has 88 valence electrons. The first-order valence-electron chi connectivity index (χ1n) is 5.32. The van der Waals surface area contributed by atoms with Crippen molar-refractivity contribution in [1.29, 1.82) is 0 Å². The predicted molar refractivity (Wildman–Crippen MR) is 68.3 cm³/mol. The van der Waals surface area contributed by atoms with Crippen LogP contribution in [0.2, 0.25) is 0 Å². The first kappa shape index (κ1) is 13.2. The molecule has 1 amide bonds. The van der Waals surface area contributed by atoms with Gasteiger partial charge in [-0.2, -0.15) is 0 Å². The zero-order valence-corrected chi connectivity index (χ0v) is 11.7. The monoisotopic (exact) mass is 284 g/mol. The van der Waals surface area contributed by atoms with Crippen molar-refractivity contribution in [3.63, 3.8) is 0 Å². The maximum Gasteiger partial charge on any atom is 0.253 e. The molecule has 16 heavy (non-hydrogen) atoms. The Bertz CT molecular complexity index is 379. The molecule has 0 saturated heterocycles. The molecule has 0 N–H and O–H groups in total. The average Bonchev–Trinajstić information content (AvgIpc) is 2.26. The molecular formula is C12H17BrN2O. The molecule has 1 aromatic heterocycles. The average molecular weight is 285 g/mol. The summed E-state index contributed by atoms with van der Waals surface area (Å²) in [4.78, 5) is 17.9. The lowest BCUT2D eigenvalue weighted by Crippen LogP contribution is -2.38. The highest BCUT2D eigenvalue weighted by atomic mass is 79.9. The van der Waals surface area contributed by atoms with E-state index in [-0.39, 0.29) is 11.9 Å². The Morgan fingerprint density at radius 2 is 2.06 bits per heavy atom. The number of hydrogen-bond donors (Lipinski definition) is 0. The minimum absolute atomic E-state index is 0.0318. The smallest absolute Gasteiger partial charge is 0.253 e. The molecule has 1 rings (SSSR count). The molecule has 1 aromatic rings. The zero-order valence-electron chi connectivity index (χ0n) is 10.1. The number of nitrogens with zero attached hydrogens (tertiary/aromatic N) is 2. The summed E-state index contributed by atoms with van der Waals surface area (Å²) in [6, 6.07) is 3.70. The van der Waals surface area contributed by atoms with Crippen LogP contribution in [0.15, 0.2) is 22.9 Å². The first-order valence-corrected chi connectivity index (χ1v) is 6.11. The summed E-state index contributed by atoms with van der Waals surface area (Å²) >= 11 is 3.26. The fraction of sp³-hybridized carbons (Fsp3) is 0.500. The van der Waals surface area contributed by atoms with Crippen LogP contribution in [0.3, 0.4) is 0 Å². The number of aromatic nitrogens is 1. The van der Waals surface area contributed by atoms with Crippen molar-refractivity contribution in [3.05, 3.63) is 28.5 Å². The maximum atomic E-state index is 12.1. The zero-order chi connectivity index (χ0) is 12.3. The number of hydrogen-bond acceptors (Lipinski definition) is 2. The molecule has 0 radical (unpaired) electrons. The van der Waals surface area contributed by atoms with Crippen molar-refractivity contribution in [2.45, 2.75) is 26.8 Å². The summed E-state index contributed by atoms with van der Waals surface area (Å²) in [5.41, 5.74) is 0.664. The molecule has 4 heteroatoms. The van der Waals surface area contributed by atoms with E-state index in [9.17, 15) is 4.79 Å². The van der Waals surface area contributed by atoms with E-state index >= 15 is 0 Å². The van der Waals surface area contributed by atoms with Gasteiger partial charge in [-0.15, -0.1) is 0 Å². The van der Waals surface area contributed by atoms with Crippen LogP contribution < -0.4 is 0 Å². The lowest BCUT2D eigenvalue weighted by Gasteiger charge is -2.28. The number of carbonyl (C=O) groups excluding carboxylic acids is 1. The van der Waals surface area contributed by atoms with Crippen LogP contribution in [0.1, 0.15) is 31.1 Å². The molecule has 0 bridgehead atoms. The summed E-state index contributed by atoms with van der Waals surface area (Å²) in [6.45, 7) is 6.27. The fourth-order valence-corrected chi connectivity index (χ4v) is 1.74. The molecule has 3 nitrogen and oxygen atoms in total. The van der Waals surface area contributed by atoms with E-state index in [1.165, 1.54) is 0 Å². The van der Waals surface area contributed by atoms with Gasteiger partial charge >= 0.3 is 0 Å². The summed E-state index contributed by atoms with van der Waals surface area (Å²) in [5, 5.41) is 0. The van der Waals surface area contributed by atoms with Crippen molar-refractivity contribution in [1.82, 2.24) is 9.88 Å². The van der Waals surface area contributed by atoms with Crippen LogP contribution in [0.25, 0.3) is 0 Å². The van der Waals surface area contributed by atoms with Crippen molar-refractivity contribution in [2.24, 2.45) is 5.92 Å². The highest BCUT2D eigenvalue weighted by molar-refractivity contribution is 9.10. The minimum atomic E-state index is 0.0318. The van der Waals surface area contributed by atoms with Gasteiger partial charge in [0.05, 0.1) is 0 Å². The Morgan fingerprint density at radius 1 is 1.44 bits per heavy atom. The van der Waals surface area contributed by atoms with E-state index in [2.05, 4.69) is 41.7 Å². The van der Waals surface area contributed by atoms with E-state index in [1.807, 2.05) is 7.05 Å². The quantitative estimate of drug-likeness (QED) is 0.800. The normalized spacial score (nSPS) is 12.6. The van der Waals surface area contributed by atoms with E-state index < -0.39 is 0 Å². The summed E-state index contributed by atoms with van der Waals surface area (Å²) in [6.07, 6.45) is 1.63. The fourth-order valence-electron chi connectivity index (χ4n) is 1.37. The van der Waals surface area contributed by atoms with Gasteiger partial charge in [-0.3, -0.25) is 4.79 Å². The van der Waals surface area contributed by atoms with E-state index in [1.54, 1.807) is 23.2 Å².